The average Bonchev–Trinajstić information content (AvgIpc) is 3.14. The van der Waals surface area contributed by atoms with Gasteiger partial charge in [0, 0.05) is 18.8 Å². The van der Waals surface area contributed by atoms with Crippen LogP contribution in [0.5, 0.6) is 11.5 Å². The number of ether oxygens (including phenoxy) is 1. The normalized spacial score (nSPS) is 17.1. The Morgan fingerprint density at radius 3 is 2.44 bits per heavy atom. The second kappa shape index (κ2) is 9.13. The maximum atomic E-state index is 13.1. The van der Waals surface area contributed by atoms with Crippen molar-refractivity contribution in [1.82, 2.24) is 9.46 Å². The Hall–Kier alpha value is -3.17. The predicted octanol–water partition coefficient (Wildman–Crippen LogP) is 4.12. The summed E-state index contributed by atoms with van der Waals surface area (Å²) in [5, 5.41) is 6.64. The van der Waals surface area contributed by atoms with Crippen LogP contribution in [-0.4, -0.2) is 36.9 Å². The van der Waals surface area contributed by atoms with Crippen LogP contribution in [0, 0.1) is 19.8 Å². The summed E-state index contributed by atoms with van der Waals surface area (Å²) in [6, 6.07) is 16.5. The van der Waals surface area contributed by atoms with Crippen molar-refractivity contribution in [2.45, 2.75) is 31.6 Å². The molecule has 4 rings (SSSR count). The highest BCUT2D eigenvalue weighted by atomic mass is 32.2. The molecule has 2 heterocycles. The van der Waals surface area contributed by atoms with Crippen LogP contribution in [0.2, 0.25) is 0 Å². The van der Waals surface area contributed by atoms with Gasteiger partial charge >= 0.3 is 0 Å². The lowest BCUT2D eigenvalue weighted by molar-refractivity contribution is -0.120. The molecule has 1 fully saturated rings. The summed E-state index contributed by atoms with van der Waals surface area (Å²) in [4.78, 5) is 12.9. The van der Waals surface area contributed by atoms with Crippen LogP contribution < -0.4 is 10.1 Å². The average molecular weight is 456 g/mol. The molecular weight excluding hydrogens is 430 g/mol. The van der Waals surface area contributed by atoms with Crippen LogP contribution in [0.1, 0.15) is 24.3 Å². The van der Waals surface area contributed by atoms with Gasteiger partial charge in [0.25, 0.3) is 0 Å². The van der Waals surface area contributed by atoms with Gasteiger partial charge in [-0.2, -0.15) is 4.31 Å². The Labute approximate surface area is 187 Å². The zero-order chi connectivity index (χ0) is 22.7. The van der Waals surface area contributed by atoms with E-state index in [2.05, 4.69) is 10.5 Å². The van der Waals surface area contributed by atoms with E-state index in [9.17, 15) is 13.2 Å². The van der Waals surface area contributed by atoms with Crippen LogP contribution in [-0.2, 0) is 14.8 Å². The standard InChI is InChI=1S/C23H25N3O5S/c1-16-22(17(2)31-25-16)32(28,29)26-14-6-7-18(15-26)23(27)24-19-10-12-21(13-11-19)30-20-8-4-3-5-9-20/h3-5,8-13,18H,6-7,14-15H2,1-2H3,(H,24,27). The molecule has 1 amide bonds. The van der Waals surface area contributed by atoms with E-state index in [0.29, 0.717) is 36.5 Å². The summed E-state index contributed by atoms with van der Waals surface area (Å²) in [7, 11) is -3.77. The molecular formula is C23H25N3O5S. The van der Waals surface area contributed by atoms with E-state index in [1.165, 1.54) is 4.31 Å². The van der Waals surface area contributed by atoms with Crippen molar-refractivity contribution in [3.8, 4) is 11.5 Å². The molecule has 0 saturated carbocycles. The molecule has 1 aliphatic rings. The minimum absolute atomic E-state index is 0.0903. The number of anilines is 1. The third-order valence-corrected chi connectivity index (χ3v) is 7.53. The summed E-state index contributed by atoms with van der Waals surface area (Å²) < 4.78 is 38.3. The summed E-state index contributed by atoms with van der Waals surface area (Å²) in [5.74, 6) is 0.987. The first-order valence-electron chi connectivity index (χ1n) is 10.4. The highest BCUT2D eigenvalue weighted by Crippen LogP contribution is 2.29. The van der Waals surface area contributed by atoms with E-state index in [-0.39, 0.29) is 23.1 Å². The summed E-state index contributed by atoms with van der Waals surface area (Å²) in [6.45, 7) is 3.66. The zero-order valence-corrected chi connectivity index (χ0v) is 18.8. The molecule has 1 atom stereocenters. The largest absolute Gasteiger partial charge is 0.457 e. The van der Waals surface area contributed by atoms with E-state index in [1.807, 2.05) is 30.3 Å². The van der Waals surface area contributed by atoms with E-state index >= 15 is 0 Å². The van der Waals surface area contributed by atoms with Crippen molar-refractivity contribution in [1.29, 1.82) is 0 Å². The number of carbonyl (C=O) groups is 1. The number of nitrogens with zero attached hydrogens (tertiary/aromatic N) is 2. The Kier molecular flexibility index (Phi) is 6.29. The quantitative estimate of drug-likeness (QED) is 0.600. The maximum absolute atomic E-state index is 13.1. The molecule has 1 aliphatic heterocycles. The summed E-state index contributed by atoms with van der Waals surface area (Å²) in [6.07, 6.45) is 1.22. The fourth-order valence-corrected chi connectivity index (χ4v) is 5.64. The van der Waals surface area contributed by atoms with Gasteiger partial charge in [0.2, 0.25) is 15.9 Å². The van der Waals surface area contributed by atoms with Crippen molar-refractivity contribution in [3.63, 3.8) is 0 Å². The summed E-state index contributed by atoms with van der Waals surface area (Å²) in [5.41, 5.74) is 0.952. The van der Waals surface area contributed by atoms with Gasteiger partial charge in [0.15, 0.2) is 5.76 Å². The highest BCUT2D eigenvalue weighted by molar-refractivity contribution is 7.89. The predicted molar refractivity (Wildman–Crippen MR) is 119 cm³/mol. The third-order valence-electron chi connectivity index (χ3n) is 5.42. The number of benzene rings is 2. The van der Waals surface area contributed by atoms with E-state index in [1.54, 1.807) is 38.1 Å². The molecule has 0 bridgehead atoms. The fourth-order valence-electron chi connectivity index (χ4n) is 3.82. The molecule has 0 spiro atoms. The zero-order valence-electron chi connectivity index (χ0n) is 17.9. The van der Waals surface area contributed by atoms with Crippen LogP contribution >= 0.6 is 0 Å². The molecule has 2 aromatic carbocycles. The topological polar surface area (TPSA) is 102 Å². The Bertz CT molecular complexity index is 1170. The molecule has 0 aliphatic carbocycles. The lowest BCUT2D eigenvalue weighted by atomic mass is 9.99. The van der Waals surface area contributed by atoms with Gasteiger partial charge < -0.3 is 14.6 Å². The molecule has 9 heteroatoms. The van der Waals surface area contributed by atoms with Gasteiger partial charge in [-0.15, -0.1) is 0 Å². The number of aryl methyl sites for hydroxylation is 2. The molecule has 1 saturated heterocycles. The van der Waals surface area contributed by atoms with Crippen LogP contribution in [0.3, 0.4) is 0 Å². The first-order chi connectivity index (χ1) is 15.3. The van der Waals surface area contributed by atoms with Gasteiger partial charge in [-0.05, 0) is 63.1 Å². The molecule has 1 unspecified atom stereocenters. The molecule has 1 N–H and O–H groups in total. The Morgan fingerprint density at radius 1 is 1.09 bits per heavy atom. The SMILES string of the molecule is Cc1noc(C)c1S(=O)(=O)N1CCCC(C(=O)Nc2ccc(Oc3ccccc3)cc2)C1. The van der Waals surface area contributed by atoms with Gasteiger partial charge in [-0.1, -0.05) is 23.4 Å². The number of nitrogens with one attached hydrogen (secondary N) is 1. The second-order valence-corrected chi connectivity index (χ2v) is 9.66. The molecule has 8 nitrogen and oxygen atoms in total. The van der Waals surface area contributed by atoms with E-state index in [4.69, 9.17) is 9.26 Å². The van der Waals surface area contributed by atoms with Crippen molar-refractivity contribution in [3.05, 3.63) is 66.1 Å². The monoisotopic (exact) mass is 455 g/mol. The smallest absolute Gasteiger partial charge is 0.248 e. The van der Waals surface area contributed by atoms with E-state index in [0.717, 1.165) is 5.75 Å². The van der Waals surface area contributed by atoms with Crippen molar-refractivity contribution in [2.75, 3.05) is 18.4 Å². The second-order valence-electron chi connectivity index (χ2n) is 7.78. The number of rotatable bonds is 6. The van der Waals surface area contributed by atoms with Crippen LogP contribution in [0.4, 0.5) is 5.69 Å². The van der Waals surface area contributed by atoms with Gasteiger partial charge in [-0.3, -0.25) is 4.79 Å². The molecule has 3 aromatic rings. The van der Waals surface area contributed by atoms with Crippen molar-refractivity contribution >= 4 is 21.6 Å². The summed E-state index contributed by atoms with van der Waals surface area (Å²) >= 11 is 0. The van der Waals surface area contributed by atoms with E-state index < -0.39 is 15.9 Å². The Morgan fingerprint density at radius 2 is 1.78 bits per heavy atom. The minimum atomic E-state index is -3.77. The minimum Gasteiger partial charge on any atom is -0.457 e. The lowest BCUT2D eigenvalue weighted by Gasteiger charge is -2.31. The highest BCUT2D eigenvalue weighted by Gasteiger charge is 2.36. The number of piperidine rings is 1. The molecule has 168 valence electrons. The molecule has 32 heavy (non-hydrogen) atoms. The lowest BCUT2D eigenvalue weighted by Crippen LogP contribution is -2.43. The number of amides is 1. The fraction of sp³-hybridized carbons (Fsp3) is 0.304. The molecule has 1 aromatic heterocycles. The number of carbonyl (C=O) groups excluding carboxylic acids is 1. The van der Waals surface area contributed by atoms with Gasteiger partial charge in [-0.25, -0.2) is 8.42 Å². The number of para-hydroxylation sites is 1. The van der Waals surface area contributed by atoms with Crippen LogP contribution in [0.25, 0.3) is 0 Å². The van der Waals surface area contributed by atoms with Gasteiger partial charge in [0.1, 0.15) is 22.1 Å². The number of hydrogen-bond acceptors (Lipinski definition) is 6. The van der Waals surface area contributed by atoms with Crippen LogP contribution in [0.15, 0.2) is 64.0 Å². The number of aromatic nitrogens is 1. The number of sulfonamides is 1. The van der Waals surface area contributed by atoms with Gasteiger partial charge in [0.05, 0.1) is 5.92 Å². The first kappa shape index (κ1) is 22.0. The van der Waals surface area contributed by atoms with Crippen molar-refractivity contribution < 1.29 is 22.5 Å². The Balaban J connectivity index is 1.40. The maximum Gasteiger partial charge on any atom is 0.248 e. The third kappa shape index (κ3) is 4.68. The van der Waals surface area contributed by atoms with Crippen molar-refractivity contribution in [2.24, 2.45) is 5.92 Å². The molecule has 0 radical (unpaired) electrons. The number of hydrogen-bond donors (Lipinski definition) is 1. The first-order valence-corrected chi connectivity index (χ1v) is 11.9.